The van der Waals surface area contributed by atoms with Crippen molar-refractivity contribution in [1.29, 1.82) is 0 Å². The predicted molar refractivity (Wildman–Crippen MR) is 142 cm³/mol. The van der Waals surface area contributed by atoms with E-state index in [1.54, 1.807) is 31.2 Å². The Kier molecular flexibility index (Phi) is 7.61. The lowest BCUT2D eigenvalue weighted by Crippen LogP contribution is -2.16. The molecule has 0 amide bonds. The number of nitrogens with zero attached hydrogens (tertiary/aromatic N) is 1. The van der Waals surface area contributed by atoms with Crippen molar-refractivity contribution in [3.05, 3.63) is 94.2 Å². The first-order valence-corrected chi connectivity index (χ1v) is 12.5. The van der Waals surface area contributed by atoms with Crippen LogP contribution in [0.15, 0.2) is 77.3 Å². The van der Waals surface area contributed by atoms with Crippen LogP contribution in [-0.4, -0.2) is 27.4 Å². The number of benzene rings is 3. The Labute approximate surface area is 213 Å². The van der Waals surface area contributed by atoms with Crippen LogP contribution in [0.25, 0.3) is 22.3 Å². The fourth-order valence-electron chi connectivity index (χ4n) is 4.48. The lowest BCUT2D eigenvalue weighted by molar-refractivity contribution is 0.0514. The number of rotatable bonds is 8. The minimum atomic E-state index is -0.387. The SMILES string of the molecule is CCOC(=O)c1c(-c2ccc(O)cc2)c(-c2ccc(O)cc2)c(CC)n1CCc1ccccc1Br. The third kappa shape index (κ3) is 5.13. The number of aromatic nitrogens is 1. The number of hydrogen-bond acceptors (Lipinski definition) is 4. The van der Waals surface area contributed by atoms with Crippen LogP contribution in [0, 0.1) is 0 Å². The molecule has 2 N–H and O–H groups in total. The van der Waals surface area contributed by atoms with E-state index in [1.807, 2.05) is 42.5 Å². The number of esters is 1. The summed E-state index contributed by atoms with van der Waals surface area (Å²) >= 11 is 3.64. The van der Waals surface area contributed by atoms with Crippen LogP contribution in [0.5, 0.6) is 11.5 Å². The van der Waals surface area contributed by atoms with Gasteiger partial charge in [0, 0.05) is 27.8 Å². The zero-order chi connectivity index (χ0) is 24.9. The number of hydrogen-bond donors (Lipinski definition) is 2. The second-order valence-corrected chi connectivity index (χ2v) is 9.06. The second-order valence-electron chi connectivity index (χ2n) is 8.21. The first-order valence-electron chi connectivity index (χ1n) is 11.7. The van der Waals surface area contributed by atoms with Crippen molar-refractivity contribution in [1.82, 2.24) is 4.57 Å². The van der Waals surface area contributed by atoms with Gasteiger partial charge in [0.05, 0.1) is 6.61 Å². The molecule has 6 heteroatoms. The molecule has 3 aromatic carbocycles. The number of ether oxygens (including phenoxy) is 1. The number of carbonyl (C=O) groups excluding carboxylic acids is 1. The Bertz CT molecular complexity index is 1320. The molecular formula is C29H28BrNO4. The smallest absolute Gasteiger partial charge is 0.355 e. The van der Waals surface area contributed by atoms with Crippen molar-refractivity contribution in [3.63, 3.8) is 0 Å². The van der Waals surface area contributed by atoms with Crippen molar-refractivity contribution in [2.45, 2.75) is 33.2 Å². The van der Waals surface area contributed by atoms with Crippen molar-refractivity contribution < 1.29 is 19.7 Å². The van der Waals surface area contributed by atoms with Gasteiger partial charge in [-0.25, -0.2) is 4.79 Å². The van der Waals surface area contributed by atoms with Crippen LogP contribution >= 0.6 is 15.9 Å². The molecule has 1 aromatic heterocycles. The monoisotopic (exact) mass is 533 g/mol. The Morgan fingerprint density at radius 2 is 1.43 bits per heavy atom. The van der Waals surface area contributed by atoms with Gasteiger partial charge in [-0.2, -0.15) is 0 Å². The fourth-order valence-corrected chi connectivity index (χ4v) is 4.96. The third-order valence-corrected chi connectivity index (χ3v) is 6.82. The van der Waals surface area contributed by atoms with Gasteiger partial charge < -0.3 is 19.5 Å². The van der Waals surface area contributed by atoms with Crippen LogP contribution in [0.2, 0.25) is 0 Å². The van der Waals surface area contributed by atoms with E-state index >= 15 is 0 Å². The Morgan fingerprint density at radius 1 is 0.857 bits per heavy atom. The van der Waals surface area contributed by atoms with Crippen LogP contribution in [0.3, 0.4) is 0 Å². The lowest BCUT2D eigenvalue weighted by atomic mass is 9.94. The molecular weight excluding hydrogens is 506 g/mol. The Morgan fingerprint density at radius 3 is 1.97 bits per heavy atom. The highest BCUT2D eigenvalue weighted by Crippen LogP contribution is 2.42. The quantitative estimate of drug-likeness (QED) is 0.239. The van der Waals surface area contributed by atoms with E-state index in [0.29, 0.717) is 18.7 Å². The van der Waals surface area contributed by atoms with Gasteiger partial charge >= 0.3 is 5.97 Å². The highest BCUT2D eigenvalue weighted by molar-refractivity contribution is 9.10. The average molecular weight is 534 g/mol. The summed E-state index contributed by atoms with van der Waals surface area (Å²) in [6.45, 7) is 4.72. The number of phenolic OH excluding ortho intramolecular Hbond substituents is 2. The number of carbonyl (C=O) groups is 1. The van der Waals surface area contributed by atoms with Crippen LogP contribution in [0.1, 0.15) is 35.6 Å². The molecule has 0 unspecified atom stereocenters. The first-order chi connectivity index (χ1) is 16.9. The summed E-state index contributed by atoms with van der Waals surface area (Å²) in [4.78, 5) is 13.4. The maximum Gasteiger partial charge on any atom is 0.355 e. The zero-order valence-corrected chi connectivity index (χ0v) is 21.4. The summed E-state index contributed by atoms with van der Waals surface area (Å²) < 4.78 is 8.64. The lowest BCUT2D eigenvalue weighted by Gasteiger charge is -2.14. The summed E-state index contributed by atoms with van der Waals surface area (Å²) in [6, 6.07) is 22.0. The predicted octanol–water partition coefficient (Wildman–Crippen LogP) is 6.98. The topological polar surface area (TPSA) is 71.7 Å². The molecule has 180 valence electrons. The van der Waals surface area contributed by atoms with Crippen molar-refractivity contribution in [2.24, 2.45) is 0 Å². The van der Waals surface area contributed by atoms with Gasteiger partial charge in [-0.05, 0) is 66.8 Å². The standard InChI is InChI=1S/C29H28BrNO4/c1-3-25-26(20-9-13-22(32)14-10-20)27(21-11-15-23(33)16-12-21)28(29(34)35-4-2)31(25)18-17-19-7-5-6-8-24(19)30/h5-16,32-33H,3-4,17-18H2,1-2H3. The molecule has 5 nitrogen and oxygen atoms in total. The van der Waals surface area contributed by atoms with Gasteiger partial charge in [0.1, 0.15) is 17.2 Å². The van der Waals surface area contributed by atoms with Gasteiger partial charge in [0.15, 0.2) is 0 Å². The van der Waals surface area contributed by atoms with E-state index in [0.717, 1.165) is 44.4 Å². The van der Waals surface area contributed by atoms with E-state index in [1.165, 1.54) is 0 Å². The molecule has 0 radical (unpaired) electrons. The molecule has 0 bridgehead atoms. The molecule has 4 rings (SSSR count). The third-order valence-electron chi connectivity index (χ3n) is 6.05. The van der Waals surface area contributed by atoms with Crippen molar-refractivity contribution >= 4 is 21.9 Å². The van der Waals surface area contributed by atoms with E-state index in [9.17, 15) is 15.0 Å². The normalized spacial score (nSPS) is 10.9. The molecule has 0 atom stereocenters. The minimum absolute atomic E-state index is 0.154. The second kappa shape index (κ2) is 10.8. The average Bonchev–Trinajstić information content (AvgIpc) is 3.19. The summed E-state index contributed by atoms with van der Waals surface area (Å²) in [5, 5.41) is 19.8. The first kappa shape index (κ1) is 24.6. The van der Waals surface area contributed by atoms with E-state index in [-0.39, 0.29) is 24.1 Å². The maximum atomic E-state index is 13.4. The molecule has 1 heterocycles. The van der Waals surface area contributed by atoms with E-state index < -0.39 is 0 Å². The van der Waals surface area contributed by atoms with Crippen molar-refractivity contribution in [3.8, 4) is 33.8 Å². The highest BCUT2D eigenvalue weighted by atomic mass is 79.9. The van der Waals surface area contributed by atoms with Crippen LogP contribution in [0.4, 0.5) is 0 Å². The molecule has 0 saturated heterocycles. The van der Waals surface area contributed by atoms with Crippen LogP contribution in [-0.2, 0) is 24.1 Å². The fraction of sp³-hybridized carbons (Fsp3) is 0.207. The van der Waals surface area contributed by atoms with E-state index in [4.69, 9.17) is 4.74 Å². The van der Waals surface area contributed by atoms with Crippen LogP contribution < -0.4 is 0 Å². The minimum Gasteiger partial charge on any atom is -0.508 e. The number of phenols is 2. The summed E-state index contributed by atoms with van der Waals surface area (Å²) in [5.74, 6) is -0.0546. The van der Waals surface area contributed by atoms with Gasteiger partial charge in [-0.1, -0.05) is 65.3 Å². The summed E-state index contributed by atoms with van der Waals surface area (Å²) in [7, 11) is 0. The number of aromatic hydroxyl groups is 2. The number of halogens is 1. The maximum absolute atomic E-state index is 13.4. The largest absolute Gasteiger partial charge is 0.508 e. The summed E-state index contributed by atoms with van der Waals surface area (Å²) in [6.07, 6.45) is 1.41. The molecule has 0 aliphatic heterocycles. The Hall–Kier alpha value is -3.51. The van der Waals surface area contributed by atoms with Gasteiger partial charge in [-0.15, -0.1) is 0 Å². The van der Waals surface area contributed by atoms with Crippen molar-refractivity contribution in [2.75, 3.05) is 6.61 Å². The molecule has 0 spiro atoms. The Balaban J connectivity index is 1.98. The molecule has 35 heavy (non-hydrogen) atoms. The van der Waals surface area contributed by atoms with Gasteiger partial charge in [0.2, 0.25) is 0 Å². The number of aryl methyl sites for hydroxylation is 1. The zero-order valence-electron chi connectivity index (χ0n) is 19.8. The van der Waals surface area contributed by atoms with Gasteiger partial charge in [0.25, 0.3) is 0 Å². The van der Waals surface area contributed by atoms with E-state index in [2.05, 4.69) is 33.5 Å². The van der Waals surface area contributed by atoms with Gasteiger partial charge in [-0.3, -0.25) is 0 Å². The summed E-state index contributed by atoms with van der Waals surface area (Å²) in [5.41, 5.74) is 6.04. The molecule has 0 aliphatic rings. The highest BCUT2D eigenvalue weighted by Gasteiger charge is 2.29. The molecule has 0 saturated carbocycles. The molecule has 0 fully saturated rings. The molecule has 4 aromatic rings. The molecule has 0 aliphatic carbocycles.